The molecule has 3 heterocycles. The lowest BCUT2D eigenvalue weighted by Crippen LogP contribution is -2.21. The number of hydrogen-bond acceptors (Lipinski definition) is 9. The number of carboxylic acid groups (broad SMARTS) is 1. The van der Waals surface area contributed by atoms with Crippen molar-refractivity contribution in [3.63, 3.8) is 0 Å². The second-order valence-corrected chi connectivity index (χ2v) is 7.43. The van der Waals surface area contributed by atoms with Gasteiger partial charge < -0.3 is 23.9 Å². The van der Waals surface area contributed by atoms with Crippen LogP contribution in [0, 0.1) is 5.82 Å². The SMILES string of the molecule is CCOc1cc(/C=N\Nc2ncc(F)c(N3CCCC3)n2)ccc1OCc1ccc(C(=O)O)o1. The molecule has 1 saturated heterocycles. The van der Waals surface area contributed by atoms with Crippen LogP contribution in [-0.2, 0) is 6.61 Å². The standard InChI is InChI=1S/C23H24FN5O5/c1-2-32-20-11-15(5-7-18(20)33-14-16-6-8-19(34-16)22(30)31)12-26-28-23-25-13-17(24)21(27-23)29-9-3-4-10-29/h5-8,11-13H,2-4,9-10,14H2,1H3,(H,30,31)(H,25,27,28)/b26-12-. The summed E-state index contributed by atoms with van der Waals surface area (Å²) in [6.07, 6.45) is 4.71. The highest BCUT2D eigenvalue weighted by Gasteiger charge is 2.18. The van der Waals surface area contributed by atoms with Crippen LogP contribution in [-0.4, -0.2) is 47.0 Å². The maximum atomic E-state index is 14.1. The van der Waals surface area contributed by atoms with Gasteiger partial charge in [-0.15, -0.1) is 0 Å². The number of aromatic carboxylic acids is 1. The Morgan fingerprint density at radius 3 is 2.82 bits per heavy atom. The highest BCUT2D eigenvalue weighted by molar-refractivity contribution is 5.84. The summed E-state index contributed by atoms with van der Waals surface area (Å²) in [5.41, 5.74) is 3.45. The van der Waals surface area contributed by atoms with Crippen molar-refractivity contribution in [3.8, 4) is 11.5 Å². The average Bonchev–Trinajstić information content (AvgIpc) is 3.52. The minimum atomic E-state index is -1.14. The van der Waals surface area contributed by atoms with E-state index in [0.717, 1.165) is 37.7 Å². The Bertz CT molecular complexity index is 1180. The largest absolute Gasteiger partial charge is 0.490 e. The van der Waals surface area contributed by atoms with Crippen molar-refractivity contribution in [2.45, 2.75) is 26.4 Å². The highest BCUT2D eigenvalue weighted by atomic mass is 19.1. The van der Waals surface area contributed by atoms with E-state index in [4.69, 9.17) is 19.0 Å². The maximum absolute atomic E-state index is 14.1. The van der Waals surface area contributed by atoms with E-state index in [0.29, 0.717) is 23.9 Å². The topological polar surface area (TPSA) is 122 Å². The Hall–Kier alpha value is -4.15. The minimum absolute atomic E-state index is 0.0452. The number of hydrazone groups is 1. The Morgan fingerprint density at radius 1 is 1.26 bits per heavy atom. The third kappa shape index (κ3) is 5.61. The summed E-state index contributed by atoms with van der Waals surface area (Å²) in [7, 11) is 0. The van der Waals surface area contributed by atoms with Crippen molar-refractivity contribution in [1.82, 2.24) is 9.97 Å². The van der Waals surface area contributed by atoms with Gasteiger partial charge in [-0.05, 0) is 55.7 Å². The van der Waals surface area contributed by atoms with Crippen molar-refractivity contribution in [2.75, 3.05) is 30.0 Å². The first-order valence-electron chi connectivity index (χ1n) is 10.8. The fourth-order valence-corrected chi connectivity index (χ4v) is 3.44. The molecule has 10 nitrogen and oxygen atoms in total. The quantitative estimate of drug-likeness (QED) is 0.336. The number of ether oxygens (including phenoxy) is 2. The lowest BCUT2D eigenvalue weighted by Gasteiger charge is -2.16. The van der Waals surface area contributed by atoms with Crippen LogP contribution < -0.4 is 19.8 Å². The fraction of sp³-hybridized carbons (Fsp3) is 0.304. The summed E-state index contributed by atoms with van der Waals surface area (Å²) >= 11 is 0. The second-order valence-electron chi connectivity index (χ2n) is 7.43. The lowest BCUT2D eigenvalue weighted by atomic mass is 10.2. The number of rotatable bonds is 10. The molecule has 1 aliphatic rings. The molecule has 1 aromatic carbocycles. The summed E-state index contributed by atoms with van der Waals surface area (Å²) in [5, 5.41) is 13.1. The Balaban J connectivity index is 1.41. The summed E-state index contributed by atoms with van der Waals surface area (Å²) in [6.45, 7) is 3.85. The molecule has 34 heavy (non-hydrogen) atoms. The van der Waals surface area contributed by atoms with Crippen LogP contribution in [0.5, 0.6) is 11.5 Å². The molecule has 0 unspecified atom stereocenters. The zero-order valence-corrected chi connectivity index (χ0v) is 18.5. The molecule has 0 bridgehead atoms. The number of anilines is 2. The van der Waals surface area contributed by atoms with Crippen molar-refractivity contribution < 1.29 is 28.2 Å². The molecule has 11 heteroatoms. The van der Waals surface area contributed by atoms with Gasteiger partial charge in [-0.3, -0.25) is 0 Å². The summed E-state index contributed by atoms with van der Waals surface area (Å²) in [6, 6.07) is 8.15. The van der Waals surface area contributed by atoms with Gasteiger partial charge in [0.2, 0.25) is 11.7 Å². The van der Waals surface area contributed by atoms with Gasteiger partial charge >= 0.3 is 5.97 Å². The van der Waals surface area contributed by atoms with E-state index < -0.39 is 11.8 Å². The average molecular weight is 469 g/mol. The Labute approximate surface area is 195 Å². The molecular weight excluding hydrogens is 445 g/mol. The summed E-state index contributed by atoms with van der Waals surface area (Å²) in [4.78, 5) is 21.0. The molecule has 1 fully saturated rings. The zero-order valence-electron chi connectivity index (χ0n) is 18.5. The lowest BCUT2D eigenvalue weighted by molar-refractivity contribution is 0.0658. The van der Waals surface area contributed by atoms with Crippen molar-refractivity contribution in [3.05, 3.63) is 59.4 Å². The van der Waals surface area contributed by atoms with Gasteiger partial charge in [0.05, 0.1) is 19.0 Å². The number of carboxylic acids is 1. The number of carbonyl (C=O) groups is 1. The molecule has 0 amide bonds. The van der Waals surface area contributed by atoms with Gasteiger partial charge in [-0.25, -0.2) is 19.6 Å². The first-order chi connectivity index (χ1) is 16.5. The van der Waals surface area contributed by atoms with Crippen LogP contribution in [0.15, 0.2) is 46.0 Å². The van der Waals surface area contributed by atoms with Crippen molar-refractivity contribution in [1.29, 1.82) is 0 Å². The van der Waals surface area contributed by atoms with Crippen LogP contribution in [0.25, 0.3) is 0 Å². The van der Waals surface area contributed by atoms with E-state index in [1.165, 1.54) is 6.07 Å². The number of furan rings is 1. The van der Waals surface area contributed by atoms with Crippen LogP contribution in [0.2, 0.25) is 0 Å². The molecule has 178 valence electrons. The molecule has 3 aromatic rings. The van der Waals surface area contributed by atoms with E-state index in [2.05, 4.69) is 20.5 Å². The van der Waals surface area contributed by atoms with Crippen LogP contribution in [0.1, 0.15) is 41.6 Å². The smallest absolute Gasteiger partial charge is 0.371 e. The molecule has 0 saturated carbocycles. The number of nitrogens with one attached hydrogen (secondary N) is 1. The van der Waals surface area contributed by atoms with Gasteiger partial charge in [0, 0.05) is 13.1 Å². The molecular formula is C23H24FN5O5. The number of hydrogen-bond donors (Lipinski definition) is 2. The number of benzene rings is 1. The predicted molar refractivity (Wildman–Crippen MR) is 122 cm³/mol. The van der Waals surface area contributed by atoms with E-state index in [9.17, 15) is 9.18 Å². The second kappa shape index (κ2) is 10.6. The number of nitrogens with zero attached hydrogens (tertiary/aromatic N) is 4. The van der Waals surface area contributed by atoms with E-state index >= 15 is 0 Å². The summed E-state index contributed by atoms with van der Waals surface area (Å²) in [5.74, 6) is 0.0610. The molecule has 0 spiro atoms. The maximum Gasteiger partial charge on any atom is 0.371 e. The molecule has 0 atom stereocenters. The molecule has 0 radical (unpaired) electrons. The number of aromatic nitrogens is 2. The van der Waals surface area contributed by atoms with Gasteiger partial charge in [0.1, 0.15) is 12.4 Å². The van der Waals surface area contributed by atoms with Gasteiger partial charge in [-0.2, -0.15) is 10.1 Å². The fourth-order valence-electron chi connectivity index (χ4n) is 3.44. The van der Waals surface area contributed by atoms with Gasteiger partial charge in [0.25, 0.3) is 0 Å². The first kappa shape index (κ1) is 23.0. The third-order valence-electron chi connectivity index (χ3n) is 5.02. The van der Waals surface area contributed by atoms with Crippen LogP contribution in [0.3, 0.4) is 0 Å². The van der Waals surface area contributed by atoms with Crippen molar-refractivity contribution in [2.24, 2.45) is 5.10 Å². The van der Waals surface area contributed by atoms with E-state index in [-0.39, 0.29) is 24.1 Å². The summed E-state index contributed by atoms with van der Waals surface area (Å²) < 4.78 is 30.7. The van der Waals surface area contributed by atoms with Gasteiger partial charge in [0.15, 0.2) is 23.1 Å². The third-order valence-corrected chi connectivity index (χ3v) is 5.02. The van der Waals surface area contributed by atoms with Crippen LogP contribution >= 0.6 is 0 Å². The molecule has 1 aliphatic heterocycles. The number of halogens is 1. The van der Waals surface area contributed by atoms with Gasteiger partial charge in [-0.1, -0.05) is 0 Å². The molecule has 2 N–H and O–H groups in total. The van der Waals surface area contributed by atoms with Crippen LogP contribution in [0.4, 0.5) is 16.2 Å². The normalized spacial score (nSPS) is 13.4. The monoisotopic (exact) mass is 469 g/mol. The highest BCUT2D eigenvalue weighted by Crippen LogP contribution is 2.29. The minimum Gasteiger partial charge on any atom is -0.490 e. The predicted octanol–water partition coefficient (Wildman–Crippen LogP) is 3.93. The van der Waals surface area contributed by atoms with E-state index in [1.54, 1.807) is 30.5 Å². The first-order valence-corrected chi connectivity index (χ1v) is 10.8. The molecule has 4 rings (SSSR count). The van der Waals surface area contributed by atoms with E-state index in [1.807, 2.05) is 11.8 Å². The molecule has 0 aliphatic carbocycles. The zero-order chi connectivity index (χ0) is 23.9. The Kier molecular flexibility index (Phi) is 7.21. The Morgan fingerprint density at radius 2 is 2.09 bits per heavy atom. The van der Waals surface area contributed by atoms with Crippen molar-refractivity contribution >= 4 is 24.0 Å². The molecule has 2 aromatic heterocycles.